The maximum Gasteiger partial charge on any atom is 0.264 e. The Hall–Kier alpha value is -2.31. The van der Waals surface area contributed by atoms with Crippen LogP contribution < -0.4 is 14.8 Å². The van der Waals surface area contributed by atoms with Gasteiger partial charge in [0.25, 0.3) is 5.91 Å². The number of carbonyl (C=O) groups is 1. The van der Waals surface area contributed by atoms with Crippen molar-refractivity contribution in [2.75, 3.05) is 19.0 Å². The van der Waals surface area contributed by atoms with Crippen LogP contribution in [-0.4, -0.2) is 24.6 Å². The van der Waals surface area contributed by atoms with E-state index in [1.165, 1.54) is 16.9 Å². The van der Waals surface area contributed by atoms with Gasteiger partial charge in [-0.1, -0.05) is 48.9 Å². The predicted molar refractivity (Wildman–Crippen MR) is 110 cm³/mol. The molecule has 142 valence electrons. The molecule has 0 saturated heterocycles. The summed E-state index contributed by atoms with van der Waals surface area (Å²) in [6.45, 7) is 4.26. The Balaban J connectivity index is 1.60. The number of benzene rings is 2. The highest BCUT2D eigenvalue weighted by atomic mass is 35.5. The number of thiazole rings is 1. The summed E-state index contributed by atoms with van der Waals surface area (Å²) >= 11 is 7.46. The van der Waals surface area contributed by atoms with E-state index in [0.717, 1.165) is 11.1 Å². The third-order valence-corrected chi connectivity index (χ3v) is 5.57. The van der Waals surface area contributed by atoms with Gasteiger partial charge in [0.1, 0.15) is 11.5 Å². The van der Waals surface area contributed by atoms with Crippen LogP contribution in [0.15, 0.2) is 36.4 Å². The van der Waals surface area contributed by atoms with Crippen molar-refractivity contribution < 1.29 is 14.3 Å². The van der Waals surface area contributed by atoms with E-state index in [4.69, 9.17) is 21.1 Å². The van der Waals surface area contributed by atoms with Crippen molar-refractivity contribution >= 4 is 44.2 Å². The summed E-state index contributed by atoms with van der Waals surface area (Å²) in [7, 11) is 1.56. The minimum atomic E-state index is -0.266. The highest BCUT2D eigenvalue weighted by molar-refractivity contribution is 7.22. The number of hydrogen-bond acceptors (Lipinski definition) is 5. The molecule has 5 nitrogen and oxygen atoms in total. The molecule has 0 radical (unpaired) electrons. The maximum absolute atomic E-state index is 12.2. The molecule has 1 atom stereocenters. The van der Waals surface area contributed by atoms with Crippen molar-refractivity contribution in [2.45, 2.75) is 26.2 Å². The van der Waals surface area contributed by atoms with Crippen molar-refractivity contribution in [3.63, 3.8) is 0 Å². The standard InChI is InChI=1S/C20H21ClN2O3S/c1-4-12(2)13-5-7-14(8-6-13)26-11-19(24)23-20-22-16-9-15(21)17(25-3)10-18(16)27-20/h5-10,12H,4,11H2,1-3H3,(H,22,23,24). The zero-order chi connectivity index (χ0) is 19.4. The number of rotatable bonds is 7. The fourth-order valence-electron chi connectivity index (χ4n) is 2.57. The average molecular weight is 405 g/mol. The fourth-order valence-corrected chi connectivity index (χ4v) is 3.70. The molecule has 0 aliphatic carbocycles. The van der Waals surface area contributed by atoms with Gasteiger partial charge in [-0.15, -0.1) is 0 Å². The van der Waals surface area contributed by atoms with Gasteiger partial charge in [0.2, 0.25) is 0 Å². The topological polar surface area (TPSA) is 60.5 Å². The van der Waals surface area contributed by atoms with Gasteiger partial charge in [0, 0.05) is 6.07 Å². The molecule has 0 aliphatic heterocycles. The summed E-state index contributed by atoms with van der Waals surface area (Å²) in [6.07, 6.45) is 1.09. The van der Waals surface area contributed by atoms with Gasteiger partial charge in [-0.05, 0) is 36.1 Å². The van der Waals surface area contributed by atoms with E-state index in [-0.39, 0.29) is 12.5 Å². The monoisotopic (exact) mass is 404 g/mol. The van der Waals surface area contributed by atoms with Crippen molar-refractivity contribution in [3.8, 4) is 11.5 Å². The number of nitrogens with one attached hydrogen (secondary N) is 1. The van der Waals surface area contributed by atoms with Crippen molar-refractivity contribution in [3.05, 3.63) is 47.0 Å². The van der Waals surface area contributed by atoms with Crippen LogP contribution in [0.2, 0.25) is 5.02 Å². The van der Waals surface area contributed by atoms with Crippen LogP contribution in [0.5, 0.6) is 11.5 Å². The second kappa shape index (κ2) is 8.59. The molecular formula is C20H21ClN2O3S. The highest BCUT2D eigenvalue weighted by Crippen LogP contribution is 2.34. The molecule has 0 bridgehead atoms. The van der Waals surface area contributed by atoms with Gasteiger partial charge < -0.3 is 9.47 Å². The third kappa shape index (κ3) is 4.70. The maximum atomic E-state index is 12.2. The zero-order valence-electron chi connectivity index (χ0n) is 15.4. The normalized spacial score (nSPS) is 12.0. The van der Waals surface area contributed by atoms with Crippen LogP contribution in [0.4, 0.5) is 5.13 Å². The molecule has 1 heterocycles. The summed E-state index contributed by atoms with van der Waals surface area (Å²) in [5.41, 5.74) is 1.97. The number of amides is 1. The average Bonchev–Trinajstić information content (AvgIpc) is 3.06. The molecule has 0 aliphatic rings. The molecule has 0 fully saturated rings. The number of nitrogens with zero attached hydrogens (tertiary/aromatic N) is 1. The molecule has 1 unspecified atom stereocenters. The molecule has 3 aromatic rings. The largest absolute Gasteiger partial charge is 0.495 e. The summed E-state index contributed by atoms with van der Waals surface area (Å²) in [4.78, 5) is 16.5. The lowest BCUT2D eigenvalue weighted by Gasteiger charge is -2.10. The van der Waals surface area contributed by atoms with Crippen LogP contribution in [-0.2, 0) is 4.79 Å². The lowest BCUT2D eigenvalue weighted by Crippen LogP contribution is -2.20. The Morgan fingerprint density at radius 2 is 2.04 bits per heavy atom. The Morgan fingerprint density at radius 3 is 2.70 bits per heavy atom. The van der Waals surface area contributed by atoms with E-state index >= 15 is 0 Å². The Labute approximate surface area is 167 Å². The number of carbonyl (C=O) groups excluding carboxylic acids is 1. The number of halogens is 1. The number of fused-ring (bicyclic) bond motifs is 1. The van der Waals surface area contributed by atoms with Crippen molar-refractivity contribution in [2.24, 2.45) is 0 Å². The zero-order valence-corrected chi connectivity index (χ0v) is 17.0. The Bertz CT molecular complexity index is 940. The quantitative estimate of drug-likeness (QED) is 0.565. The van der Waals surface area contributed by atoms with E-state index in [1.54, 1.807) is 19.2 Å². The Morgan fingerprint density at radius 1 is 1.30 bits per heavy atom. The van der Waals surface area contributed by atoms with E-state index < -0.39 is 0 Å². The summed E-state index contributed by atoms with van der Waals surface area (Å²) < 4.78 is 11.6. The third-order valence-electron chi connectivity index (χ3n) is 4.34. The number of methoxy groups -OCH3 is 1. The van der Waals surface area contributed by atoms with Gasteiger partial charge in [0.15, 0.2) is 11.7 Å². The van der Waals surface area contributed by atoms with Crippen molar-refractivity contribution in [1.82, 2.24) is 4.98 Å². The summed E-state index contributed by atoms with van der Waals surface area (Å²) in [5, 5.41) is 3.74. The molecule has 1 amide bonds. The highest BCUT2D eigenvalue weighted by Gasteiger charge is 2.12. The molecule has 7 heteroatoms. The first kappa shape index (κ1) is 19.5. The molecule has 0 saturated carbocycles. The molecule has 3 rings (SSSR count). The van der Waals surface area contributed by atoms with Crippen LogP contribution in [0.25, 0.3) is 10.2 Å². The molecule has 1 N–H and O–H groups in total. The predicted octanol–water partition coefficient (Wildman–Crippen LogP) is 5.49. The number of aromatic nitrogens is 1. The second-order valence-electron chi connectivity index (χ2n) is 6.19. The minimum absolute atomic E-state index is 0.0807. The molecule has 2 aromatic carbocycles. The van der Waals surface area contributed by atoms with Crippen LogP contribution in [0.3, 0.4) is 0 Å². The Kier molecular flexibility index (Phi) is 6.19. The van der Waals surface area contributed by atoms with Crippen molar-refractivity contribution in [1.29, 1.82) is 0 Å². The molecule has 27 heavy (non-hydrogen) atoms. The lowest BCUT2D eigenvalue weighted by molar-refractivity contribution is -0.118. The second-order valence-corrected chi connectivity index (χ2v) is 7.63. The van der Waals surface area contributed by atoms with Gasteiger partial charge in [-0.3, -0.25) is 10.1 Å². The minimum Gasteiger partial charge on any atom is -0.495 e. The van der Waals surface area contributed by atoms with Crippen LogP contribution in [0.1, 0.15) is 31.7 Å². The van der Waals surface area contributed by atoms with Gasteiger partial charge in [-0.25, -0.2) is 4.98 Å². The first-order chi connectivity index (χ1) is 13.0. The number of hydrogen-bond donors (Lipinski definition) is 1. The van der Waals surface area contributed by atoms with E-state index in [2.05, 4.69) is 24.1 Å². The van der Waals surface area contributed by atoms with E-state index in [9.17, 15) is 4.79 Å². The summed E-state index contributed by atoms with van der Waals surface area (Å²) in [5.74, 6) is 1.49. The van der Waals surface area contributed by atoms with Gasteiger partial charge in [-0.2, -0.15) is 0 Å². The molecule has 0 spiro atoms. The van der Waals surface area contributed by atoms with Gasteiger partial charge in [0.05, 0.1) is 22.3 Å². The molecular weight excluding hydrogens is 384 g/mol. The number of ether oxygens (including phenoxy) is 2. The van der Waals surface area contributed by atoms with Crippen LogP contribution in [0, 0.1) is 0 Å². The molecule has 1 aromatic heterocycles. The van der Waals surface area contributed by atoms with E-state index in [1.807, 2.05) is 24.3 Å². The lowest BCUT2D eigenvalue weighted by atomic mass is 9.99. The smallest absolute Gasteiger partial charge is 0.264 e. The first-order valence-corrected chi connectivity index (χ1v) is 9.86. The fraction of sp³-hybridized carbons (Fsp3) is 0.300. The first-order valence-electron chi connectivity index (χ1n) is 8.66. The van der Waals surface area contributed by atoms with Gasteiger partial charge >= 0.3 is 0 Å². The summed E-state index contributed by atoms with van der Waals surface area (Å²) in [6, 6.07) is 11.4. The van der Waals surface area contributed by atoms with E-state index in [0.29, 0.717) is 33.1 Å². The number of anilines is 1. The van der Waals surface area contributed by atoms with Crippen LogP contribution >= 0.6 is 22.9 Å². The SMILES string of the molecule is CCC(C)c1ccc(OCC(=O)Nc2nc3cc(Cl)c(OC)cc3s2)cc1.